The average Bonchev–Trinajstić information content (AvgIpc) is 3.22. The zero-order valence-electron chi connectivity index (χ0n) is 35.5. The molecule has 3 unspecified atom stereocenters. The summed E-state index contributed by atoms with van der Waals surface area (Å²) >= 11 is 1.66. The van der Waals surface area contributed by atoms with Crippen molar-refractivity contribution in [2.45, 2.75) is 82.8 Å². The highest BCUT2D eigenvalue weighted by Gasteiger charge is 2.51. The quantitative estimate of drug-likeness (QED) is 0.0998. The Kier molecular flexibility index (Phi) is 13.5. The van der Waals surface area contributed by atoms with Gasteiger partial charge < -0.3 is 29.2 Å². The molecule has 1 saturated heterocycles. The largest absolute Gasteiger partial charge is 0.487 e. The van der Waals surface area contributed by atoms with Gasteiger partial charge in [-0.15, -0.1) is 11.8 Å². The summed E-state index contributed by atoms with van der Waals surface area (Å²) in [6.45, 7) is 18.2. The number of alkyl carbamates (subject to hydrolysis) is 1. The van der Waals surface area contributed by atoms with Crippen molar-refractivity contribution in [3.05, 3.63) is 131 Å². The molecule has 10 heteroatoms. The number of nitrogens with one attached hydrogen (secondary N) is 1. The Balaban J connectivity index is 1.18. The van der Waals surface area contributed by atoms with E-state index >= 15 is 0 Å². The maximum atomic E-state index is 14.6. The van der Waals surface area contributed by atoms with Crippen LogP contribution in [-0.4, -0.2) is 91.4 Å². The topological polar surface area (TPSA) is 89.6 Å². The van der Waals surface area contributed by atoms with E-state index in [2.05, 4.69) is 117 Å². The number of methoxy groups -OCH3 is 1. The number of amides is 2. The van der Waals surface area contributed by atoms with E-state index in [0.29, 0.717) is 18.8 Å². The molecule has 2 amide bonds. The summed E-state index contributed by atoms with van der Waals surface area (Å²) in [6.07, 6.45) is 0.229. The van der Waals surface area contributed by atoms with Crippen LogP contribution in [-0.2, 0) is 19.0 Å². The van der Waals surface area contributed by atoms with Crippen LogP contribution in [0.2, 0.25) is 0 Å². The van der Waals surface area contributed by atoms with Gasteiger partial charge in [-0.05, 0) is 68.5 Å². The first-order valence-electron chi connectivity index (χ1n) is 20.4. The van der Waals surface area contributed by atoms with Crippen LogP contribution in [0.15, 0.2) is 109 Å². The molecule has 58 heavy (non-hydrogen) atoms. The molecule has 2 heterocycles. The van der Waals surface area contributed by atoms with E-state index in [9.17, 15) is 9.59 Å². The number of rotatable bonds is 14. The number of thioether (sulfide) groups is 1. The zero-order chi connectivity index (χ0) is 41.6. The second-order valence-electron chi connectivity index (χ2n) is 17.2. The van der Waals surface area contributed by atoms with Crippen molar-refractivity contribution in [2.24, 2.45) is 5.41 Å². The van der Waals surface area contributed by atoms with Crippen molar-refractivity contribution in [3.63, 3.8) is 0 Å². The number of hydrogen-bond donors (Lipinski definition) is 1. The van der Waals surface area contributed by atoms with Crippen LogP contribution < -0.4 is 14.8 Å². The minimum absolute atomic E-state index is 0.107. The molecule has 1 fully saturated rings. The van der Waals surface area contributed by atoms with Crippen molar-refractivity contribution in [2.75, 3.05) is 52.4 Å². The number of carbonyl (C=O) groups excluding carboxylic acids is 2. The molecule has 0 spiro atoms. The molecule has 9 nitrogen and oxygen atoms in total. The molecule has 0 radical (unpaired) electrons. The number of carbonyl (C=O) groups is 2. The van der Waals surface area contributed by atoms with Crippen molar-refractivity contribution >= 4 is 23.8 Å². The number of benzene rings is 4. The number of fused-ring (bicyclic) bond motifs is 1. The van der Waals surface area contributed by atoms with Gasteiger partial charge in [-0.3, -0.25) is 9.69 Å². The van der Waals surface area contributed by atoms with E-state index in [0.717, 1.165) is 59.8 Å². The summed E-state index contributed by atoms with van der Waals surface area (Å²) in [7, 11) is 1.62. The van der Waals surface area contributed by atoms with Gasteiger partial charge in [0.15, 0.2) is 6.79 Å². The lowest BCUT2D eigenvalue weighted by Crippen LogP contribution is -2.58. The molecule has 2 aliphatic rings. The van der Waals surface area contributed by atoms with Crippen LogP contribution in [0, 0.1) is 5.41 Å². The maximum absolute atomic E-state index is 14.6. The van der Waals surface area contributed by atoms with Crippen LogP contribution >= 0.6 is 11.8 Å². The molecule has 310 valence electrons. The second-order valence-corrected chi connectivity index (χ2v) is 18.5. The average molecular weight is 808 g/mol. The summed E-state index contributed by atoms with van der Waals surface area (Å²) in [4.78, 5) is 32.3. The molecule has 0 bridgehead atoms. The fourth-order valence-electron chi connectivity index (χ4n) is 8.15. The fourth-order valence-corrected chi connectivity index (χ4v) is 9.70. The molecule has 6 rings (SSSR count). The molecule has 4 aromatic rings. The Labute approximate surface area is 349 Å². The predicted molar refractivity (Wildman–Crippen MR) is 233 cm³/mol. The number of ether oxygens (including phenoxy) is 4. The highest BCUT2D eigenvalue weighted by molar-refractivity contribution is 8.00. The predicted octanol–water partition coefficient (Wildman–Crippen LogP) is 9.10. The SMILES string of the molecule is COCOc1ccc2c(c1)C(C)C(C)(C)C(C)(CCN1CCN(C(=O)C(CSC(c3ccccc3)(c3ccccc3)c3ccccc3)NC(=O)OC(C)(C)C)CC1)O2. The Hall–Kier alpha value is -4.51. The normalized spacial score (nSPS) is 20.0. The molecule has 0 aliphatic carbocycles. The summed E-state index contributed by atoms with van der Waals surface area (Å²) in [6, 6.07) is 36.4. The van der Waals surface area contributed by atoms with Crippen LogP contribution in [0.5, 0.6) is 11.5 Å². The minimum Gasteiger partial charge on any atom is -0.487 e. The third kappa shape index (κ3) is 9.51. The van der Waals surface area contributed by atoms with Gasteiger partial charge in [0.05, 0.1) is 4.75 Å². The van der Waals surface area contributed by atoms with Crippen molar-refractivity contribution in [1.82, 2.24) is 15.1 Å². The van der Waals surface area contributed by atoms with Crippen LogP contribution in [0.25, 0.3) is 0 Å². The van der Waals surface area contributed by atoms with E-state index in [1.165, 1.54) is 0 Å². The smallest absolute Gasteiger partial charge is 0.408 e. The second kappa shape index (κ2) is 18.2. The van der Waals surface area contributed by atoms with Crippen LogP contribution in [0.3, 0.4) is 0 Å². The van der Waals surface area contributed by atoms with Crippen LogP contribution in [0.4, 0.5) is 4.79 Å². The van der Waals surface area contributed by atoms with Gasteiger partial charge in [0, 0.05) is 63.0 Å². The maximum Gasteiger partial charge on any atom is 0.408 e. The Morgan fingerprint density at radius 2 is 1.40 bits per heavy atom. The summed E-state index contributed by atoms with van der Waals surface area (Å²) in [5.74, 6) is 2.11. The lowest BCUT2D eigenvalue weighted by Gasteiger charge is -2.52. The Morgan fingerprint density at radius 3 is 1.91 bits per heavy atom. The number of nitrogens with zero attached hydrogens (tertiary/aromatic N) is 2. The molecule has 3 atom stereocenters. The van der Waals surface area contributed by atoms with Crippen molar-refractivity contribution in [3.8, 4) is 11.5 Å². The molecule has 4 aromatic carbocycles. The van der Waals surface area contributed by atoms with Gasteiger partial charge >= 0.3 is 6.09 Å². The molecule has 0 saturated carbocycles. The highest BCUT2D eigenvalue weighted by atomic mass is 32.2. The van der Waals surface area contributed by atoms with Gasteiger partial charge in [0.1, 0.15) is 28.7 Å². The van der Waals surface area contributed by atoms with Gasteiger partial charge in [0.2, 0.25) is 5.91 Å². The fraction of sp³-hybridized carbons (Fsp3) is 0.458. The number of piperazine rings is 1. The first kappa shape index (κ1) is 43.1. The monoisotopic (exact) mass is 807 g/mol. The first-order valence-corrected chi connectivity index (χ1v) is 21.4. The molecule has 2 aliphatic heterocycles. The van der Waals surface area contributed by atoms with E-state index in [1.54, 1.807) is 18.9 Å². The summed E-state index contributed by atoms with van der Waals surface area (Å²) in [5.41, 5.74) is 3.12. The Morgan fingerprint density at radius 1 is 0.845 bits per heavy atom. The van der Waals surface area contributed by atoms with Crippen LogP contribution in [0.1, 0.15) is 83.1 Å². The number of hydrogen-bond acceptors (Lipinski definition) is 8. The van der Waals surface area contributed by atoms with E-state index in [1.807, 2.05) is 56.0 Å². The third-order valence-electron chi connectivity index (χ3n) is 12.2. The summed E-state index contributed by atoms with van der Waals surface area (Å²) in [5, 5.41) is 3.00. The summed E-state index contributed by atoms with van der Waals surface area (Å²) < 4.78 is 22.7. The molecular formula is C48H61N3O6S. The Bertz CT molecular complexity index is 1870. The van der Waals surface area contributed by atoms with Gasteiger partial charge in [-0.1, -0.05) is 112 Å². The lowest BCUT2D eigenvalue weighted by molar-refractivity contribution is -0.135. The molecule has 0 aromatic heterocycles. The molecular weight excluding hydrogens is 747 g/mol. The van der Waals surface area contributed by atoms with E-state index in [4.69, 9.17) is 18.9 Å². The van der Waals surface area contributed by atoms with E-state index < -0.39 is 28.1 Å². The van der Waals surface area contributed by atoms with Crippen molar-refractivity contribution < 1.29 is 28.5 Å². The minimum atomic E-state index is -0.820. The standard InChI is InChI=1S/C48H61N3O6S/c1-35-40-32-39(55-34-54-8)24-25-42(40)56-47(7,46(35,5)6)26-27-50-28-30-51(31-29-50)43(52)41(49-44(53)57-45(2,3)4)33-58-48(36-18-12-9-13-19-36,37-20-14-10-15-21-37)38-22-16-11-17-23-38/h9-25,32,35,41H,26-31,33-34H2,1-8H3,(H,49,53). The lowest BCUT2D eigenvalue weighted by atomic mass is 9.62. The highest BCUT2D eigenvalue weighted by Crippen LogP contribution is 2.55. The van der Waals surface area contributed by atoms with E-state index in [-0.39, 0.29) is 24.0 Å². The third-order valence-corrected chi connectivity index (χ3v) is 13.8. The van der Waals surface area contributed by atoms with Gasteiger partial charge in [0.25, 0.3) is 0 Å². The van der Waals surface area contributed by atoms with Crippen molar-refractivity contribution in [1.29, 1.82) is 0 Å². The molecule has 1 N–H and O–H groups in total. The first-order chi connectivity index (χ1) is 27.7. The van der Waals surface area contributed by atoms with Gasteiger partial charge in [-0.2, -0.15) is 0 Å². The van der Waals surface area contributed by atoms with Gasteiger partial charge in [-0.25, -0.2) is 4.79 Å². The zero-order valence-corrected chi connectivity index (χ0v) is 36.3.